The van der Waals surface area contributed by atoms with Crippen LogP contribution in [0.25, 0.3) is 0 Å². The van der Waals surface area contributed by atoms with E-state index in [1.807, 2.05) is 12.1 Å². The third-order valence-corrected chi connectivity index (χ3v) is 4.62. The molecule has 1 aromatic carbocycles. The van der Waals surface area contributed by atoms with Crippen molar-refractivity contribution >= 4 is 23.3 Å². The Morgan fingerprint density at radius 1 is 1.42 bits per heavy atom. The van der Waals surface area contributed by atoms with Crippen molar-refractivity contribution in [2.75, 3.05) is 7.11 Å². The van der Waals surface area contributed by atoms with Crippen molar-refractivity contribution in [1.29, 1.82) is 0 Å². The summed E-state index contributed by atoms with van der Waals surface area (Å²) in [6, 6.07) is 6.05. The molecule has 1 heterocycles. The van der Waals surface area contributed by atoms with Gasteiger partial charge in [-0.2, -0.15) is 4.37 Å². The molecule has 0 spiro atoms. The first-order valence-corrected chi connectivity index (χ1v) is 7.84. The number of thioether (sulfide) groups is 1. The SMILES string of the molecule is CCc1nsc(SCc2cc(CN)ccc2OC)n1. The highest BCUT2D eigenvalue weighted by Gasteiger charge is 2.08. The summed E-state index contributed by atoms with van der Waals surface area (Å²) in [5.41, 5.74) is 7.93. The van der Waals surface area contributed by atoms with Crippen LogP contribution in [0.1, 0.15) is 23.9 Å². The monoisotopic (exact) mass is 295 g/mol. The minimum Gasteiger partial charge on any atom is -0.496 e. The average Bonchev–Trinajstić information content (AvgIpc) is 2.92. The number of rotatable bonds is 6. The molecule has 2 aromatic rings. The fourth-order valence-electron chi connectivity index (χ4n) is 1.65. The van der Waals surface area contributed by atoms with Crippen LogP contribution in [-0.2, 0) is 18.7 Å². The molecule has 4 nitrogen and oxygen atoms in total. The first-order valence-electron chi connectivity index (χ1n) is 6.08. The van der Waals surface area contributed by atoms with Gasteiger partial charge in [-0.3, -0.25) is 0 Å². The van der Waals surface area contributed by atoms with E-state index in [9.17, 15) is 0 Å². The first-order chi connectivity index (χ1) is 9.26. The summed E-state index contributed by atoms with van der Waals surface area (Å²) >= 11 is 3.14. The minimum absolute atomic E-state index is 0.542. The van der Waals surface area contributed by atoms with Crippen molar-refractivity contribution in [3.8, 4) is 5.75 Å². The summed E-state index contributed by atoms with van der Waals surface area (Å²) in [7, 11) is 1.69. The summed E-state index contributed by atoms with van der Waals surface area (Å²) in [6.07, 6.45) is 0.878. The molecular weight excluding hydrogens is 278 g/mol. The van der Waals surface area contributed by atoms with Crippen LogP contribution in [0.15, 0.2) is 22.5 Å². The van der Waals surface area contributed by atoms with Crippen molar-refractivity contribution < 1.29 is 4.74 Å². The number of benzene rings is 1. The smallest absolute Gasteiger partial charge is 0.170 e. The van der Waals surface area contributed by atoms with Crippen LogP contribution in [-0.4, -0.2) is 16.5 Å². The van der Waals surface area contributed by atoms with Gasteiger partial charge in [0, 0.05) is 24.3 Å². The van der Waals surface area contributed by atoms with Crippen LogP contribution >= 0.6 is 23.3 Å². The predicted octanol–water partition coefficient (Wildman–Crippen LogP) is 2.86. The summed E-state index contributed by atoms with van der Waals surface area (Å²) in [6.45, 7) is 2.60. The first kappa shape index (κ1) is 14.3. The fraction of sp³-hybridized carbons (Fsp3) is 0.385. The number of nitrogens with two attached hydrogens (primary N) is 1. The lowest BCUT2D eigenvalue weighted by Crippen LogP contribution is -1.98. The highest BCUT2D eigenvalue weighted by molar-refractivity contribution is 8.00. The van der Waals surface area contributed by atoms with E-state index in [1.54, 1.807) is 18.9 Å². The Morgan fingerprint density at radius 2 is 2.26 bits per heavy atom. The Bertz CT molecular complexity index is 542. The lowest BCUT2D eigenvalue weighted by Gasteiger charge is -2.09. The number of ether oxygens (including phenoxy) is 1. The molecule has 0 bridgehead atoms. The van der Waals surface area contributed by atoms with Gasteiger partial charge in [-0.25, -0.2) is 4.98 Å². The number of aryl methyl sites for hydroxylation is 1. The van der Waals surface area contributed by atoms with Gasteiger partial charge in [-0.05, 0) is 29.2 Å². The molecule has 0 amide bonds. The number of nitrogens with zero attached hydrogens (tertiary/aromatic N) is 2. The van der Waals surface area contributed by atoms with E-state index in [-0.39, 0.29) is 0 Å². The second-order valence-electron chi connectivity index (χ2n) is 3.97. The maximum Gasteiger partial charge on any atom is 0.170 e. The van der Waals surface area contributed by atoms with E-state index in [4.69, 9.17) is 10.5 Å². The van der Waals surface area contributed by atoms with E-state index < -0.39 is 0 Å². The molecule has 0 unspecified atom stereocenters. The van der Waals surface area contributed by atoms with Gasteiger partial charge in [0.2, 0.25) is 0 Å². The zero-order valence-corrected chi connectivity index (χ0v) is 12.7. The van der Waals surface area contributed by atoms with E-state index >= 15 is 0 Å². The molecule has 2 N–H and O–H groups in total. The summed E-state index contributed by atoms with van der Waals surface area (Å²) < 4.78 is 10.7. The molecule has 0 radical (unpaired) electrons. The van der Waals surface area contributed by atoms with Crippen LogP contribution in [0, 0.1) is 0 Å². The number of methoxy groups -OCH3 is 1. The predicted molar refractivity (Wildman–Crippen MR) is 79.7 cm³/mol. The second-order valence-corrected chi connectivity index (χ2v) is 5.94. The van der Waals surface area contributed by atoms with Gasteiger partial charge in [0.25, 0.3) is 0 Å². The largest absolute Gasteiger partial charge is 0.496 e. The average molecular weight is 295 g/mol. The van der Waals surface area contributed by atoms with Gasteiger partial charge in [-0.1, -0.05) is 24.8 Å². The maximum atomic E-state index is 5.67. The molecule has 0 fully saturated rings. The van der Waals surface area contributed by atoms with Crippen molar-refractivity contribution in [2.45, 2.75) is 30.0 Å². The van der Waals surface area contributed by atoms with Crippen LogP contribution in [0.4, 0.5) is 0 Å². The Labute approximate surface area is 121 Å². The highest BCUT2D eigenvalue weighted by Crippen LogP contribution is 2.29. The van der Waals surface area contributed by atoms with Crippen molar-refractivity contribution in [3.63, 3.8) is 0 Å². The van der Waals surface area contributed by atoms with Crippen molar-refractivity contribution in [2.24, 2.45) is 5.73 Å². The van der Waals surface area contributed by atoms with Crippen LogP contribution < -0.4 is 10.5 Å². The molecule has 0 atom stereocenters. The quantitative estimate of drug-likeness (QED) is 0.830. The summed E-state index contributed by atoms with van der Waals surface area (Å²) in [5, 5.41) is 0. The Balaban J connectivity index is 2.09. The van der Waals surface area contributed by atoms with Crippen LogP contribution in [0.5, 0.6) is 5.75 Å². The Hall–Kier alpha value is -1.11. The number of aromatic nitrogens is 2. The van der Waals surface area contributed by atoms with Crippen LogP contribution in [0.3, 0.4) is 0 Å². The van der Waals surface area contributed by atoms with E-state index in [1.165, 1.54) is 11.5 Å². The molecule has 19 heavy (non-hydrogen) atoms. The second kappa shape index (κ2) is 6.88. The highest BCUT2D eigenvalue weighted by atomic mass is 32.2. The lowest BCUT2D eigenvalue weighted by molar-refractivity contribution is 0.411. The molecule has 1 aromatic heterocycles. The fourth-order valence-corrected chi connectivity index (χ4v) is 3.32. The zero-order valence-electron chi connectivity index (χ0n) is 11.0. The third kappa shape index (κ3) is 3.68. The molecule has 0 saturated heterocycles. The third-order valence-electron chi connectivity index (χ3n) is 2.70. The van der Waals surface area contributed by atoms with E-state index in [0.29, 0.717) is 6.54 Å². The van der Waals surface area contributed by atoms with Crippen LogP contribution in [0.2, 0.25) is 0 Å². The van der Waals surface area contributed by atoms with E-state index in [0.717, 1.165) is 39.2 Å². The standard InChI is InChI=1S/C13H17N3OS2/c1-3-12-15-13(19-16-12)18-8-10-6-9(7-14)4-5-11(10)17-2/h4-6H,3,7-8,14H2,1-2H3. The van der Waals surface area contributed by atoms with Gasteiger partial charge in [-0.15, -0.1) is 0 Å². The molecule has 6 heteroatoms. The van der Waals surface area contributed by atoms with Crippen molar-refractivity contribution in [1.82, 2.24) is 9.36 Å². The van der Waals surface area contributed by atoms with Gasteiger partial charge in [0.1, 0.15) is 11.6 Å². The van der Waals surface area contributed by atoms with Crippen molar-refractivity contribution in [3.05, 3.63) is 35.2 Å². The van der Waals surface area contributed by atoms with E-state index in [2.05, 4.69) is 22.3 Å². The number of hydrogen-bond donors (Lipinski definition) is 1. The summed E-state index contributed by atoms with van der Waals surface area (Å²) in [4.78, 5) is 4.45. The molecule has 0 aliphatic carbocycles. The molecular formula is C13H17N3OS2. The molecule has 102 valence electrons. The molecule has 0 saturated carbocycles. The Kier molecular flexibility index (Phi) is 5.18. The summed E-state index contributed by atoms with van der Waals surface area (Å²) in [5.74, 6) is 2.62. The number of hydrogen-bond acceptors (Lipinski definition) is 6. The van der Waals surface area contributed by atoms with Gasteiger partial charge in [0.15, 0.2) is 4.34 Å². The van der Waals surface area contributed by atoms with Gasteiger partial charge in [0.05, 0.1) is 7.11 Å². The normalized spacial score (nSPS) is 10.7. The minimum atomic E-state index is 0.542. The Morgan fingerprint density at radius 3 is 2.89 bits per heavy atom. The maximum absolute atomic E-state index is 5.67. The van der Waals surface area contributed by atoms with Gasteiger partial charge < -0.3 is 10.5 Å². The molecule has 0 aliphatic rings. The molecule has 2 rings (SSSR count). The van der Waals surface area contributed by atoms with Gasteiger partial charge >= 0.3 is 0 Å². The lowest BCUT2D eigenvalue weighted by atomic mass is 10.1. The topological polar surface area (TPSA) is 61.0 Å². The zero-order chi connectivity index (χ0) is 13.7. The molecule has 0 aliphatic heterocycles.